The van der Waals surface area contributed by atoms with E-state index in [1.807, 2.05) is 18.2 Å². The minimum Gasteiger partial charge on any atom is -0.454 e. The molecule has 5 rings (SSSR count). The lowest BCUT2D eigenvalue weighted by Gasteiger charge is -2.39. The van der Waals surface area contributed by atoms with E-state index in [2.05, 4.69) is 4.98 Å². The Labute approximate surface area is 174 Å². The highest BCUT2D eigenvalue weighted by atomic mass is 32.2. The number of ether oxygens (including phenoxy) is 2. The molecule has 0 aliphatic carbocycles. The van der Waals surface area contributed by atoms with Gasteiger partial charge >= 0.3 is 0 Å². The zero-order chi connectivity index (χ0) is 20.7. The van der Waals surface area contributed by atoms with Gasteiger partial charge in [-0.15, -0.1) is 0 Å². The summed E-state index contributed by atoms with van der Waals surface area (Å²) in [5.41, 5.74) is 2.03. The first kappa shape index (κ1) is 19.0. The molecule has 0 bridgehead atoms. The second kappa shape index (κ2) is 7.39. The molecule has 3 aromatic rings. The number of aliphatic hydroxyl groups excluding tert-OH is 1. The minimum atomic E-state index is -3.81. The van der Waals surface area contributed by atoms with Crippen molar-refractivity contribution in [1.29, 1.82) is 0 Å². The van der Waals surface area contributed by atoms with Crippen LogP contribution in [-0.2, 0) is 23.0 Å². The van der Waals surface area contributed by atoms with Gasteiger partial charge in [0.2, 0.25) is 16.8 Å². The largest absolute Gasteiger partial charge is 0.454 e. The fourth-order valence-electron chi connectivity index (χ4n) is 4.03. The van der Waals surface area contributed by atoms with Crippen molar-refractivity contribution in [3.8, 4) is 11.5 Å². The summed E-state index contributed by atoms with van der Waals surface area (Å²) in [5.74, 6) is 1.29. The molecule has 3 heterocycles. The van der Waals surface area contributed by atoms with Crippen molar-refractivity contribution in [2.24, 2.45) is 0 Å². The van der Waals surface area contributed by atoms with Gasteiger partial charge in [-0.3, -0.25) is 4.98 Å². The maximum atomic E-state index is 13.5. The summed E-state index contributed by atoms with van der Waals surface area (Å²) in [4.78, 5) is 4.24. The summed E-state index contributed by atoms with van der Waals surface area (Å²) in [6.07, 6.45) is 2.64. The number of hydrogen-bond acceptors (Lipinski definition) is 6. The molecule has 1 N–H and O–H groups in total. The molecule has 2 aliphatic rings. The Balaban J connectivity index is 1.57. The van der Waals surface area contributed by atoms with Crippen LogP contribution in [0.1, 0.15) is 22.8 Å². The Hall–Kier alpha value is -2.94. The van der Waals surface area contributed by atoms with E-state index in [1.54, 1.807) is 48.8 Å². The summed E-state index contributed by atoms with van der Waals surface area (Å²) in [6, 6.07) is 15.1. The number of aliphatic hydroxyl groups is 1. The van der Waals surface area contributed by atoms with Gasteiger partial charge in [-0.1, -0.05) is 30.3 Å². The van der Waals surface area contributed by atoms with Crippen LogP contribution in [0.4, 0.5) is 0 Å². The van der Waals surface area contributed by atoms with E-state index in [0.29, 0.717) is 23.5 Å². The van der Waals surface area contributed by atoms with Crippen LogP contribution in [-0.4, -0.2) is 35.6 Å². The monoisotopic (exact) mass is 424 g/mol. The van der Waals surface area contributed by atoms with Crippen LogP contribution < -0.4 is 9.47 Å². The van der Waals surface area contributed by atoms with E-state index in [4.69, 9.17) is 9.47 Å². The predicted octanol–water partition coefficient (Wildman–Crippen LogP) is 2.66. The van der Waals surface area contributed by atoms with Gasteiger partial charge in [0.15, 0.2) is 11.5 Å². The van der Waals surface area contributed by atoms with E-state index in [9.17, 15) is 13.5 Å². The Morgan fingerprint density at radius 1 is 1.03 bits per heavy atom. The van der Waals surface area contributed by atoms with Crippen molar-refractivity contribution in [2.45, 2.75) is 30.0 Å². The Morgan fingerprint density at radius 2 is 1.87 bits per heavy atom. The highest BCUT2D eigenvalue weighted by molar-refractivity contribution is 7.89. The van der Waals surface area contributed by atoms with Gasteiger partial charge in [0.1, 0.15) is 0 Å². The third-order valence-corrected chi connectivity index (χ3v) is 7.45. The first-order valence-corrected chi connectivity index (χ1v) is 11.0. The van der Waals surface area contributed by atoms with Gasteiger partial charge in [-0.2, -0.15) is 4.31 Å². The molecule has 0 amide bonds. The quantitative estimate of drug-likeness (QED) is 0.693. The van der Waals surface area contributed by atoms with Gasteiger partial charge in [0.25, 0.3) is 0 Å². The Bertz CT molecular complexity index is 1180. The molecule has 0 saturated carbocycles. The fourth-order valence-corrected chi connectivity index (χ4v) is 5.88. The number of aromatic nitrogens is 1. The Kier molecular flexibility index (Phi) is 4.69. The Morgan fingerprint density at radius 3 is 2.70 bits per heavy atom. The maximum absolute atomic E-state index is 13.5. The average Bonchev–Trinajstić information content (AvgIpc) is 3.23. The predicted molar refractivity (Wildman–Crippen MR) is 108 cm³/mol. The van der Waals surface area contributed by atoms with Crippen LogP contribution in [0.15, 0.2) is 71.9 Å². The lowest BCUT2D eigenvalue weighted by atomic mass is 9.95. The third-order valence-electron chi connectivity index (χ3n) is 5.50. The molecule has 0 unspecified atom stereocenters. The number of sulfonamides is 1. The number of fused-ring (bicyclic) bond motifs is 2. The third kappa shape index (κ3) is 3.23. The van der Waals surface area contributed by atoms with Crippen molar-refractivity contribution in [1.82, 2.24) is 9.29 Å². The molecule has 7 nitrogen and oxygen atoms in total. The summed E-state index contributed by atoms with van der Waals surface area (Å²) in [5, 5.41) is 11.2. The van der Waals surface area contributed by atoms with Crippen molar-refractivity contribution in [3.63, 3.8) is 0 Å². The van der Waals surface area contributed by atoms with Crippen molar-refractivity contribution < 1.29 is 23.0 Å². The van der Waals surface area contributed by atoms with Crippen molar-refractivity contribution in [2.75, 3.05) is 6.79 Å². The summed E-state index contributed by atoms with van der Waals surface area (Å²) in [7, 11) is -3.81. The molecule has 0 radical (unpaired) electrons. The normalized spacial score (nSPS) is 21.9. The summed E-state index contributed by atoms with van der Waals surface area (Å²) in [6.45, 7) is 0.288. The van der Waals surface area contributed by atoms with Crippen LogP contribution in [0.2, 0.25) is 0 Å². The molecule has 2 atom stereocenters. The molecule has 0 spiro atoms. The minimum absolute atomic E-state index is 0.122. The van der Waals surface area contributed by atoms with E-state index >= 15 is 0 Å². The van der Waals surface area contributed by atoms with Gasteiger partial charge in [0, 0.05) is 24.5 Å². The number of pyridine rings is 1. The second-order valence-electron chi connectivity index (χ2n) is 7.35. The van der Waals surface area contributed by atoms with E-state index < -0.39 is 22.2 Å². The number of nitrogens with zero attached hydrogens (tertiary/aromatic N) is 2. The summed E-state index contributed by atoms with van der Waals surface area (Å²) < 4.78 is 39.2. The van der Waals surface area contributed by atoms with E-state index in [0.717, 1.165) is 11.1 Å². The number of benzene rings is 2. The number of hydrogen-bond donors (Lipinski definition) is 1. The van der Waals surface area contributed by atoms with Crippen LogP contribution in [0.5, 0.6) is 11.5 Å². The molecule has 1 aromatic heterocycles. The van der Waals surface area contributed by atoms with Gasteiger partial charge < -0.3 is 14.6 Å². The second-order valence-corrected chi connectivity index (χ2v) is 9.21. The van der Waals surface area contributed by atoms with Gasteiger partial charge in [-0.05, 0) is 41.8 Å². The smallest absolute Gasteiger partial charge is 0.244 e. The van der Waals surface area contributed by atoms with Gasteiger partial charge in [-0.25, -0.2) is 8.42 Å². The molecule has 154 valence electrons. The zero-order valence-corrected chi connectivity index (χ0v) is 16.8. The highest BCUT2D eigenvalue weighted by Crippen LogP contribution is 2.40. The maximum Gasteiger partial charge on any atom is 0.244 e. The van der Waals surface area contributed by atoms with Crippen LogP contribution >= 0.6 is 0 Å². The van der Waals surface area contributed by atoms with E-state index in [-0.39, 0.29) is 18.2 Å². The van der Waals surface area contributed by atoms with Crippen molar-refractivity contribution >= 4 is 10.0 Å². The lowest BCUT2D eigenvalue weighted by Crippen LogP contribution is -2.48. The standard InChI is InChI=1S/C22H20N2O5S/c25-22-17-5-1-2-6-21(17)30(26,27)24(13-16-4-3-9-23-12-16)18(22)10-15-7-8-19-20(11-15)29-14-28-19/h1-9,11-12,18,22,25H,10,13-14H2/t18-,22+/m0/s1. The molecule has 30 heavy (non-hydrogen) atoms. The van der Waals surface area contributed by atoms with Crippen LogP contribution in [0, 0.1) is 0 Å². The number of rotatable bonds is 4. The van der Waals surface area contributed by atoms with E-state index in [1.165, 1.54) is 4.31 Å². The van der Waals surface area contributed by atoms with Crippen LogP contribution in [0.25, 0.3) is 0 Å². The molecule has 0 saturated heterocycles. The topological polar surface area (TPSA) is 89.0 Å². The van der Waals surface area contributed by atoms with Crippen molar-refractivity contribution in [3.05, 3.63) is 83.7 Å². The zero-order valence-electron chi connectivity index (χ0n) is 16.0. The van der Waals surface area contributed by atoms with Gasteiger partial charge in [0.05, 0.1) is 17.0 Å². The first-order chi connectivity index (χ1) is 14.5. The molecule has 2 aromatic carbocycles. The molecule has 8 heteroatoms. The van der Waals surface area contributed by atoms with Crippen LogP contribution in [0.3, 0.4) is 0 Å². The average molecular weight is 424 g/mol. The first-order valence-electron chi connectivity index (χ1n) is 9.60. The molecule has 0 fully saturated rings. The fraction of sp³-hybridized carbons (Fsp3) is 0.227. The highest BCUT2D eigenvalue weighted by Gasteiger charge is 2.43. The molecular weight excluding hydrogens is 404 g/mol. The molecular formula is C22H20N2O5S. The lowest BCUT2D eigenvalue weighted by molar-refractivity contribution is 0.0769. The SMILES string of the molecule is O=S1(=O)c2ccccc2[C@@H](O)[C@H](Cc2ccc3c(c2)OCO3)N1Cc1cccnc1. The molecule has 2 aliphatic heterocycles. The summed E-state index contributed by atoms with van der Waals surface area (Å²) >= 11 is 0.